The second-order valence-electron chi connectivity index (χ2n) is 7.91. The molecular formula is C23H21N5O2. The van der Waals surface area contributed by atoms with Crippen LogP contribution in [0.25, 0.3) is 22.0 Å². The SMILES string of the molecule is Cc1ccc2oc(C3CCN(c4nc(=O)n(C)c5ccc(C#N)cc45)CC3)nc2c1. The van der Waals surface area contributed by atoms with Crippen molar-refractivity contribution in [3.63, 3.8) is 0 Å². The van der Waals surface area contributed by atoms with Crippen LogP contribution in [0.4, 0.5) is 5.82 Å². The first-order valence-corrected chi connectivity index (χ1v) is 10.1. The number of rotatable bonds is 2. The van der Waals surface area contributed by atoms with E-state index in [9.17, 15) is 10.1 Å². The summed E-state index contributed by atoms with van der Waals surface area (Å²) < 4.78 is 7.53. The zero-order valence-corrected chi connectivity index (χ0v) is 16.9. The average molecular weight is 399 g/mol. The van der Waals surface area contributed by atoms with Crippen molar-refractivity contribution in [1.29, 1.82) is 5.26 Å². The molecule has 1 saturated heterocycles. The van der Waals surface area contributed by atoms with Gasteiger partial charge < -0.3 is 9.32 Å². The molecule has 0 unspecified atom stereocenters. The number of piperidine rings is 1. The van der Waals surface area contributed by atoms with E-state index >= 15 is 0 Å². The van der Waals surface area contributed by atoms with Gasteiger partial charge in [0.15, 0.2) is 11.5 Å². The Hall–Kier alpha value is -3.66. The first kappa shape index (κ1) is 18.4. The molecule has 2 aromatic heterocycles. The predicted octanol–water partition coefficient (Wildman–Crippen LogP) is 3.64. The molecule has 5 rings (SSSR count). The lowest BCUT2D eigenvalue weighted by Gasteiger charge is -2.32. The molecule has 7 heteroatoms. The highest BCUT2D eigenvalue weighted by Crippen LogP contribution is 2.33. The fourth-order valence-electron chi connectivity index (χ4n) is 4.22. The molecule has 4 aromatic rings. The van der Waals surface area contributed by atoms with E-state index in [1.807, 2.05) is 37.3 Å². The van der Waals surface area contributed by atoms with E-state index in [-0.39, 0.29) is 11.6 Å². The molecule has 0 spiro atoms. The van der Waals surface area contributed by atoms with Gasteiger partial charge in [0.25, 0.3) is 0 Å². The molecular weight excluding hydrogens is 378 g/mol. The van der Waals surface area contributed by atoms with Crippen LogP contribution in [-0.4, -0.2) is 27.6 Å². The van der Waals surface area contributed by atoms with E-state index in [1.165, 1.54) is 4.57 Å². The van der Waals surface area contributed by atoms with E-state index in [0.29, 0.717) is 11.4 Å². The maximum atomic E-state index is 12.4. The van der Waals surface area contributed by atoms with Crippen LogP contribution in [0.1, 0.15) is 35.8 Å². The first-order chi connectivity index (χ1) is 14.5. The Morgan fingerprint density at radius 1 is 1.13 bits per heavy atom. The lowest BCUT2D eigenvalue weighted by atomic mass is 9.96. The third kappa shape index (κ3) is 3.01. The van der Waals surface area contributed by atoms with Crippen LogP contribution in [0.3, 0.4) is 0 Å². The molecule has 0 atom stereocenters. The van der Waals surface area contributed by atoms with Gasteiger partial charge >= 0.3 is 5.69 Å². The molecule has 0 radical (unpaired) electrons. The number of fused-ring (bicyclic) bond motifs is 2. The van der Waals surface area contributed by atoms with Crippen molar-refractivity contribution in [3.05, 3.63) is 63.9 Å². The normalized spacial score (nSPS) is 15.0. The minimum Gasteiger partial charge on any atom is -0.440 e. The van der Waals surface area contributed by atoms with Crippen molar-refractivity contribution in [2.24, 2.45) is 7.05 Å². The van der Waals surface area contributed by atoms with Gasteiger partial charge in [0.1, 0.15) is 11.3 Å². The Bertz CT molecular complexity index is 1370. The van der Waals surface area contributed by atoms with E-state index < -0.39 is 0 Å². The molecule has 0 amide bonds. The third-order valence-corrected chi connectivity index (χ3v) is 5.92. The van der Waals surface area contributed by atoms with Crippen LogP contribution < -0.4 is 10.6 Å². The molecule has 0 saturated carbocycles. The zero-order valence-electron chi connectivity index (χ0n) is 16.9. The largest absolute Gasteiger partial charge is 0.440 e. The molecule has 1 aliphatic heterocycles. The molecule has 2 aromatic carbocycles. The molecule has 7 nitrogen and oxygen atoms in total. The number of aromatic nitrogens is 3. The number of hydrogen-bond donors (Lipinski definition) is 0. The number of aryl methyl sites for hydroxylation is 2. The summed E-state index contributed by atoms with van der Waals surface area (Å²) >= 11 is 0. The molecule has 0 bridgehead atoms. The number of nitriles is 1. The maximum absolute atomic E-state index is 12.4. The fraction of sp³-hybridized carbons (Fsp3) is 0.304. The second-order valence-corrected chi connectivity index (χ2v) is 7.91. The van der Waals surface area contributed by atoms with Crippen LogP contribution in [0, 0.1) is 18.3 Å². The number of benzene rings is 2. The van der Waals surface area contributed by atoms with Gasteiger partial charge in [0.05, 0.1) is 17.1 Å². The van der Waals surface area contributed by atoms with Crippen molar-refractivity contribution in [2.75, 3.05) is 18.0 Å². The van der Waals surface area contributed by atoms with Crippen LogP contribution in [0.15, 0.2) is 45.6 Å². The summed E-state index contributed by atoms with van der Waals surface area (Å²) in [5.74, 6) is 1.67. The minimum absolute atomic E-state index is 0.237. The number of hydrogen-bond acceptors (Lipinski definition) is 6. The van der Waals surface area contributed by atoms with E-state index in [2.05, 4.69) is 16.0 Å². The summed E-state index contributed by atoms with van der Waals surface area (Å²) in [7, 11) is 1.70. The van der Waals surface area contributed by atoms with Crippen molar-refractivity contribution in [3.8, 4) is 6.07 Å². The summed E-state index contributed by atoms with van der Waals surface area (Å²) in [5.41, 5.74) is 3.93. The molecule has 1 aliphatic rings. The molecule has 150 valence electrons. The van der Waals surface area contributed by atoms with Gasteiger partial charge in [0.2, 0.25) is 0 Å². The maximum Gasteiger partial charge on any atom is 0.349 e. The van der Waals surface area contributed by atoms with Gasteiger partial charge in [0, 0.05) is 31.4 Å². The number of oxazole rings is 1. The summed E-state index contributed by atoms with van der Waals surface area (Å²) in [4.78, 5) is 23.6. The third-order valence-electron chi connectivity index (χ3n) is 5.92. The minimum atomic E-state index is -0.293. The monoisotopic (exact) mass is 399 g/mol. The lowest BCUT2D eigenvalue weighted by molar-refractivity contribution is 0.406. The van der Waals surface area contributed by atoms with E-state index in [1.54, 1.807) is 13.1 Å². The highest BCUT2D eigenvalue weighted by molar-refractivity contribution is 5.90. The smallest absolute Gasteiger partial charge is 0.349 e. The van der Waals surface area contributed by atoms with Crippen molar-refractivity contribution in [1.82, 2.24) is 14.5 Å². The first-order valence-electron chi connectivity index (χ1n) is 10.1. The Morgan fingerprint density at radius 3 is 2.70 bits per heavy atom. The van der Waals surface area contributed by atoms with E-state index in [0.717, 1.165) is 59.4 Å². The standard InChI is InChI=1S/C23H21N5O2/c1-14-3-6-20-18(11-14)25-22(30-20)16-7-9-28(10-8-16)21-17-12-15(13-24)4-5-19(17)27(2)23(29)26-21/h3-6,11-12,16H,7-10H2,1-2H3. The van der Waals surface area contributed by atoms with Crippen LogP contribution >= 0.6 is 0 Å². The van der Waals surface area contributed by atoms with Gasteiger partial charge in [-0.25, -0.2) is 9.78 Å². The van der Waals surface area contributed by atoms with Gasteiger partial charge in [-0.1, -0.05) is 6.07 Å². The average Bonchev–Trinajstić information content (AvgIpc) is 3.19. The topological polar surface area (TPSA) is 88.0 Å². The Morgan fingerprint density at radius 2 is 1.93 bits per heavy atom. The Balaban J connectivity index is 1.45. The molecule has 3 heterocycles. The highest BCUT2D eigenvalue weighted by atomic mass is 16.3. The van der Waals surface area contributed by atoms with Crippen molar-refractivity contribution >= 4 is 27.8 Å². The Labute approximate surface area is 173 Å². The number of anilines is 1. The van der Waals surface area contributed by atoms with Crippen LogP contribution in [-0.2, 0) is 7.05 Å². The Kier molecular flexibility index (Phi) is 4.28. The fourth-order valence-corrected chi connectivity index (χ4v) is 4.22. The summed E-state index contributed by atoms with van der Waals surface area (Å²) in [5, 5.41) is 10.1. The van der Waals surface area contributed by atoms with Crippen LogP contribution in [0.5, 0.6) is 0 Å². The number of nitrogens with zero attached hydrogens (tertiary/aromatic N) is 5. The van der Waals surface area contributed by atoms with Gasteiger partial charge in [-0.2, -0.15) is 10.2 Å². The molecule has 0 aliphatic carbocycles. The van der Waals surface area contributed by atoms with E-state index in [4.69, 9.17) is 9.40 Å². The van der Waals surface area contributed by atoms with Crippen LogP contribution in [0.2, 0.25) is 0 Å². The zero-order chi connectivity index (χ0) is 20.8. The summed E-state index contributed by atoms with van der Waals surface area (Å²) in [6.45, 7) is 3.54. The molecule has 1 fully saturated rings. The van der Waals surface area contributed by atoms with Gasteiger partial charge in [-0.3, -0.25) is 4.57 Å². The quantitative estimate of drug-likeness (QED) is 0.511. The lowest BCUT2D eigenvalue weighted by Crippen LogP contribution is -2.36. The van der Waals surface area contributed by atoms with Crippen molar-refractivity contribution in [2.45, 2.75) is 25.7 Å². The summed E-state index contributed by atoms with van der Waals surface area (Å²) in [6, 6.07) is 13.6. The predicted molar refractivity (Wildman–Crippen MR) is 115 cm³/mol. The molecule has 30 heavy (non-hydrogen) atoms. The van der Waals surface area contributed by atoms with Gasteiger partial charge in [-0.15, -0.1) is 0 Å². The second kappa shape index (κ2) is 6.99. The van der Waals surface area contributed by atoms with Crippen molar-refractivity contribution < 1.29 is 4.42 Å². The molecule has 0 N–H and O–H groups in total. The van der Waals surface area contributed by atoms with Gasteiger partial charge in [-0.05, 0) is 55.7 Å². The highest BCUT2D eigenvalue weighted by Gasteiger charge is 2.27. The summed E-state index contributed by atoms with van der Waals surface area (Å²) in [6.07, 6.45) is 1.73.